The number of fused-ring (bicyclic) bond motifs is 1. The van der Waals surface area contributed by atoms with Crippen molar-refractivity contribution in [3.8, 4) is 0 Å². The van der Waals surface area contributed by atoms with E-state index in [9.17, 15) is 4.79 Å². The summed E-state index contributed by atoms with van der Waals surface area (Å²) in [7, 11) is 0. The van der Waals surface area contributed by atoms with Crippen LogP contribution in [0.3, 0.4) is 0 Å². The molecule has 20 nitrogen and oxygen atoms in total. The molecule has 0 spiro atoms. The van der Waals surface area contributed by atoms with Crippen LogP contribution in [0, 0.1) is 11.3 Å². The van der Waals surface area contributed by atoms with Crippen LogP contribution >= 0.6 is 0 Å². The molecule has 0 N–H and O–H groups in total. The highest BCUT2D eigenvalue weighted by molar-refractivity contribution is 5.70. The summed E-state index contributed by atoms with van der Waals surface area (Å²) >= 11 is 0. The van der Waals surface area contributed by atoms with Crippen molar-refractivity contribution in [3.05, 3.63) is 46.1 Å². The smallest absolute Gasteiger partial charge is 0.332 e. The number of carbonyl (C=O) groups is 1. The maximum Gasteiger partial charge on any atom is 0.332 e. The van der Waals surface area contributed by atoms with Crippen LogP contribution < -0.4 is 0 Å². The Bertz CT molecular complexity index is 1890. The third-order valence-electron chi connectivity index (χ3n) is 13.7. The van der Waals surface area contributed by atoms with Crippen LogP contribution in [-0.4, -0.2) is 124 Å². The summed E-state index contributed by atoms with van der Waals surface area (Å²) in [4.78, 5) is 15.9. The van der Waals surface area contributed by atoms with Crippen LogP contribution in [0.2, 0.25) is 0 Å². The van der Waals surface area contributed by atoms with Gasteiger partial charge in [-0.25, -0.2) is 18.8 Å². The Kier molecular flexibility index (Phi) is 20.5. The van der Waals surface area contributed by atoms with Gasteiger partial charge in [0.15, 0.2) is 0 Å². The van der Waals surface area contributed by atoms with E-state index >= 15 is 0 Å². The first-order chi connectivity index (χ1) is 32.5. The quantitative estimate of drug-likeness (QED) is 0.0226. The van der Waals surface area contributed by atoms with Gasteiger partial charge in [-0.15, -0.1) is 15.3 Å². The van der Waals surface area contributed by atoms with Crippen LogP contribution in [0.15, 0.2) is 23.7 Å². The number of nitrogens with zero attached hydrogens (tertiary/aromatic N) is 12. The molecule has 0 aromatic carbocycles. The molecule has 0 saturated heterocycles. The Hall–Kier alpha value is -4.04. The van der Waals surface area contributed by atoms with E-state index in [0.717, 1.165) is 55.6 Å². The van der Waals surface area contributed by atoms with Gasteiger partial charge in [0.1, 0.15) is 30.3 Å². The minimum atomic E-state index is -0.930. The Labute approximate surface area is 389 Å². The normalized spacial score (nSPS) is 21.9. The van der Waals surface area contributed by atoms with Crippen molar-refractivity contribution in [1.82, 2.24) is 45.0 Å². The zero-order valence-electron chi connectivity index (χ0n) is 39.1. The van der Waals surface area contributed by atoms with Crippen molar-refractivity contribution < 1.29 is 38.0 Å². The molecule has 7 rings (SSSR count). The van der Waals surface area contributed by atoms with Crippen LogP contribution in [0.4, 0.5) is 0 Å². The minimum Gasteiger partial charge on any atom is -0.463 e. The molecule has 4 aliphatic rings. The van der Waals surface area contributed by atoms with E-state index in [4.69, 9.17) is 38.7 Å². The maximum atomic E-state index is 13.2. The first-order valence-corrected chi connectivity index (χ1v) is 24.9. The summed E-state index contributed by atoms with van der Waals surface area (Å²) in [5.41, 5.74) is 9.73. The second-order valence-electron chi connectivity index (χ2n) is 19.0. The van der Waals surface area contributed by atoms with Crippen LogP contribution in [-0.2, 0) is 63.3 Å². The number of carbonyl (C=O) groups excluding carboxylic acids is 1. The highest BCUT2D eigenvalue weighted by Crippen LogP contribution is 2.56. The van der Waals surface area contributed by atoms with Gasteiger partial charge < -0.3 is 33.2 Å². The third kappa shape index (κ3) is 15.8. The number of aromatic nitrogens is 9. The molecule has 3 aromatic rings. The summed E-state index contributed by atoms with van der Waals surface area (Å²) < 4.78 is 47.9. The third-order valence-corrected chi connectivity index (χ3v) is 13.7. The van der Waals surface area contributed by atoms with E-state index in [1.165, 1.54) is 89.9 Å². The fourth-order valence-electron chi connectivity index (χ4n) is 9.92. The van der Waals surface area contributed by atoms with Crippen molar-refractivity contribution in [2.75, 3.05) is 72.6 Å². The first kappa shape index (κ1) is 49.9. The minimum absolute atomic E-state index is 0.0557. The molecule has 366 valence electrons. The molecule has 4 saturated carbocycles. The van der Waals surface area contributed by atoms with E-state index in [2.05, 4.69) is 51.8 Å². The number of rotatable bonds is 28. The highest BCUT2D eigenvalue weighted by atomic mass is 16.6. The topological polar surface area (TPSA) is 223 Å². The van der Waals surface area contributed by atoms with E-state index in [0.29, 0.717) is 37.8 Å². The lowest BCUT2D eigenvalue weighted by molar-refractivity contribution is -0.162. The molecule has 0 amide bonds. The Morgan fingerprint density at radius 3 is 1.73 bits per heavy atom. The largest absolute Gasteiger partial charge is 0.463 e. The molecule has 4 aliphatic carbocycles. The predicted octanol–water partition coefficient (Wildman–Crippen LogP) is 7.55. The van der Waals surface area contributed by atoms with E-state index in [1.807, 2.05) is 21.8 Å². The number of ether oxygens (including phenoxy) is 7. The van der Waals surface area contributed by atoms with Gasteiger partial charge in [0, 0.05) is 11.5 Å². The first-order valence-electron chi connectivity index (χ1n) is 24.9. The van der Waals surface area contributed by atoms with Crippen molar-refractivity contribution in [2.45, 2.75) is 166 Å². The fraction of sp³-hybridized carbons (Fsp3) is 0.848. The Balaban J connectivity index is 0.991. The van der Waals surface area contributed by atoms with Gasteiger partial charge in [-0.05, 0) is 56.4 Å². The lowest BCUT2D eigenvalue weighted by Gasteiger charge is -2.32. The number of esters is 1. The lowest BCUT2D eigenvalue weighted by atomic mass is 9.92. The second kappa shape index (κ2) is 27.1. The Morgan fingerprint density at radius 2 is 1.12 bits per heavy atom. The number of azide groups is 1. The molecule has 20 heteroatoms. The average molecular weight is 923 g/mol. The summed E-state index contributed by atoms with van der Waals surface area (Å²) in [6, 6.07) is 0.696. The molecule has 0 aliphatic heterocycles. The Morgan fingerprint density at radius 1 is 0.621 bits per heavy atom. The predicted molar refractivity (Wildman–Crippen MR) is 241 cm³/mol. The summed E-state index contributed by atoms with van der Waals surface area (Å²) in [6.07, 6.45) is 30.3. The number of hydrogen-bond acceptors (Lipinski definition) is 15. The molecular formula is C46H74N12O8. The van der Waals surface area contributed by atoms with Crippen LogP contribution in [0.5, 0.6) is 0 Å². The summed E-state index contributed by atoms with van der Waals surface area (Å²) in [5.74, 6) is 0.123. The maximum absolute atomic E-state index is 13.2. The van der Waals surface area contributed by atoms with Gasteiger partial charge in [0.2, 0.25) is 0 Å². The molecular weight excluding hydrogens is 849 g/mol. The monoisotopic (exact) mass is 923 g/mol. The average Bonchev–Trinajstić information content (AvgIpc) is 3.79. The standard InChI is InChI=1S/C46H74N12O8/c47-52-48-20-21-60-22-23-61-24-25-62-33-44(59)66-37-45(35-64-31-40-28-57(54-50-40)43-17-11-7-12-18-43,34-63-30-39-27-56(53-49-39)42-15-9-4-1-5-10-16-42)36-65-32-41-29-58(55-51-41)46-19-13-6-2-3-8-14-38(46)26-46/h27-29,38,42-43H,1-26,30-37H2. The van der Waals surface area contributed by atoms with Crippen molar-refractivity contribution in [1.29, 1.82) is 0 Å². The molecule has 3 aromatic heterocycles. The molecule has 3 heterocycles. The molecule has 3 unspecified atom stereocenters. The van der Waals surface area contributed by atoms with Crippen molar-refractivity contribution in [3.63, 3.8) is 0 Å². The van der Waals surface area contributed by atoms with Crippen molar-refractivity contribution >= 4 is 5.97 Å². The lowest BCUT2D eigenvalue weighted by Crippen LogP contribution is -2.42. The molecule has 0 bridgehead atoms. The highest BCUT2D eigenvalue weighted by Gasteiger charge is 2.55. The van der Waals surface area contributed by atoms with Gasteiger partial charge in [-0.2, -0.15) is 0 Å². The zero-order chi connectivity index (χ0) is 45.5. The van der Waals surface area contributed by atoms with Gasteiger partial charge in [0.05, 0.1) is 114 Å². The molecule has 4 fully saturated rings. The van der Waals surface area contributed by atoms with Gasteiger partial charge in [-0.3, -0.25) is 0 Å². The molecule has 66 heavy (non-hydrogen) atoms. The van der Waals surface area contributed by atoms with Gasteiger partial charge >= 0.3 is 5.97 Å². The summed E-state index contributed by atoms with van der Waals surface area (Å²) in [6.45, 7) is 2.54. The van der Waals surface area contributed by atoms with Gasteiger partial charge in [0.25, 0.3) is 0 Å². The second-order valence-corrected chi connectivity index (χ2v) is 19.0. The zero-order valence-corrected chi connectivity index (χ0v) is 39.1. The molecule has 0 radical (unpaired) electrons. The molecule has 3 atom stereocenters. The van der Waals surface area contributed by atoms with E-state index < -0.39 is 11.4 Å². The SMILES string of the molecule is [N-]=[N+]=NCCOCCOCCOCC(=O)OCC(COCc1cn(C2CCCCCCC2)nn1)(COCc1cn(C2CCCCC2)nn1)COCc1cn(C23CCCCCCCC2C3)nn1. The van der Waals surface area contributed by atoms with E-state index in [1.54, 1.807) is 0 Å². The fourth-order valence-corrected chi connectivity index (χ4v) is 9.92. The van der Waals surface area contributed by atoms with Gasteiger partial charge in [-0.1, -0.05) is 104 Å². The van der Waals surface area contributed by atoms with Crippen LogP contribution in [0.1, 0.15) is 158 Å². The number of hydrogen-bond donors (Lipinski definition) is 0. The summed E-state index contributed by atoms with van der Waals surface area (Å²) in [5, 5.41) is 30.5. The van der Waals surface area contributed by atoms with E-state index in [-0.39, 0.29) is 78.2 Å². The van der Waals surface area contributed by atoms with Crippen LogP contribution in [0.25, 0.3) is 10.4 Å². The van der Waals surface area contributed by atoms with Crippen molar-refractivity contribution in [2.24, 2.45) is 16.4 Å².